The number of rotatable bonds is 3. The zero-order valence-corrected chi connectivity index (χ0v) is 17.0. The summed E-state index contributed by atoms with van der Waals surface area (Å²) in [6.07, 6.45) is -5.10. The molecule has 0 radical (unpaired) electrons. The van der Waals surface area contributed by atoms with E-state index >= 15 is 0 Å². The minimum Gasteiger partial charge on any atom is -0.437 e. The van der Waals surface area contributed by atoms with Crippen molar-refractivity contribution in [3.63, 3.8) is 0 Å². The quantitative estimate of drug-likeness (QED) is 0.307. The summed E-state index contributed by atoms with van der Waals surface area (Å²) in [7, 11) is 0. The van der Waals surface area contributed by atoms with E-state index in [2.05, 4.69) is 11.1 Å². The van der Waals surface area contributed by atoms with Gasteiger partial charge in [0.25, 0.3) is 0 Å². The van der Waals surface area contributed by atoms with Gasteiger partial charge in [0.05, 0.1) is 11.2 Å². The molecule has 0 aliphatic carbocycles. The average molecular weight is 420 g/mol. The first-order chi connectivity index (χ1) is 14.8. The molecule has 3 heterocycles. The molecule has 3 aromatic heterocycles. The number of pyridine rings is 2. The van der Waals surface area contributed by atoms with E-state index in [1.807, 2.05) is 50.2 Å². The number of aryl methyl sites for hydroxylation is 3. The average Bonchev–Trinajstić information content (AvgIpc) is 3.09. The molecular formula is C25H19F3N2O. The maximum atomic E-state index is 12.7. The lowest BCUT2D eigenvalue weighted by molar-refractivity contribution is -0.133. The van der Waals surface area contributed by atoms with Gasteiger partial charge in [-0.15, -0.1) is 0 Å². The molecule has 0 amide bonds. The number of hydrogen-bond donors (Lipinski definition) is 0. The molecule has 5 aromatic rings. The number of halogens is 3. The van der Waals surface area contributed by atoms with Gasteiger partial charge in [-0.05, 0) is 55.7 Å². The molecule has 0 bridgehead atoms. The summed E-state index contributed by atoms with van der Waals surface area (Å²) < 4.78 is 44.2. The van der Waals surface area contributed by atoms with E-state index in [0.717, 1.165) is 33.0 Å². The van der Waals surface area contributed by atoms with Crippen LogP contribution < -0.4 is 0 Å². The fraction of sp³-hybridized carbons (Fsp3) is 0.200. The van der Waals surface area contributed by atoms with Crippen LogP contribution in [-0.2, 0) is 6.42 Å². The molecule has 156 valence electrons. The van der Waals surface area contributed by atoms with Crippen molar-refractivity contribution in [1.29, 1.82) is 0 Å². The fourth-order valence-corrected chi connectivity index (χ4v) is 3.97. The molecule has 3 nitrogen and oxygen atoms in total. The third-order valence-corrected chi connectivity index (χ3v) is 5.71. The van der Waals surface area contributed by atoms with Crippen LogP contribution >= 0.6 is 0 Å². The Morgan fingerprint density at radius 1 is 0.871 bits per heavy atom. The molecule has 0 atom stereocenters. The monoisotopic (exact) mass is 420 g/mol. The number of fused-ring (bicyclic) bond motifs is 4. The first-order valence-corrected chi connectivity index (χ1v) is 10.1. The molecule has 2 aromatic carbocycles. The van der Waals surface area contributed by atoms with Gasteiger partial charge >= 0.3 is 6.18 Å². The molecule has 0 unspecified atom stereocenters. The van der Waals surface area contributed by atoms with Crippen molar-refractivity contribution < 1.29 is 17.6 Å². The summed E-state index contributed by atoms with van der Waals surface area (Å²) in [6, 6.07) is 16.9. The third-order valence-electron chi connectivity index (χ3n) is 5.71. The molecule has 5 rings (SSSR count). The van der Waals surface area contributed by atoms with E-state index in [9.17, 15) is 13.2 Å². The highest BCUT2D eigenvalue weighted by atomic mass is 19.4. The van der Waals surface area contributed by atoms with Crippen LogP contribution in [0.1, 0.15) is 23.2 Å². The first-order valence-electron chi connectivity index (χ1n) is 10.1. The van der Waals surface area contributed by atoms with Crippen molar-refractivity contribution in [3.05, 3.63) is 71.4 Å². The SMILES string of the molecule is Cc1cc2c(nc1C)oc1c(-c3ccc4c(CCC(F)(F)F)cccc4n3)cccc12. The Balaban J connectivity index is 1.64. The lowest BCUT2D eigenvalue weighted by Crippen LogP contribution is -2.08. The fourth-order valence-electron chi connectivity index (χ4n) is 3.97. The zero-order chi connectivity index (χ0) is 21.8. The summed E-state index contributed by atoms with van der Waals surface area (Å²) in [6.45, 7) is 3.97. The van der Waals surface area contributed by atoms with Gasteiger partial charge in [-0.2, -0.15) is 13.2 Å². The Labute approximate surface area is 176 Å². The molecule has 0 spiro atoms. The maximum absolute atomic E-state index is 12.7. The normalized spacial score (nSPS) is 12.3. The van der Waals surface area contributed by atoms with Crippen molar-refractivity contribution in [1.82, 2.24) is 9.97 Å². The Bertz CT molecular complexity index is 1450. The Morgan fingerprint density at radius 3 is 2.48 bits per heavy atom. The van der Waals surface area contributed by atoms with Gasteiger partial charge in [-0.1, -0.05) is 30.3 Å². The molecule has 0 saturated carbocycles. The predicted octanol–water partition coefficient (Wildman–Crippen LogP) is 7.31. The molecule has 0 aliphatic heterocycles. The summed E-state index contributed by atoms with van der Waals surface area (Å²) in [5.41, 5.74) is 6.14. The summed E-state index contributed by atoms with van der Waals surface area (Å²) in [5.74, 6) is 0. The van der Waals surface area contributed by atoms with Crippen molar-refractivity contribution >= 4 is 33.0 Å². The van der Waals surface area contributed by atoms with Gasteiger partial charge in [0, 0.05) is 33.8 Å². The van der Waals surface area contributed by atoms with E-state index in [-0.39, 0.29) is 6.42 Å². The summed E-state index contributed by atoms with van der Waals surface area (Å²) >= 11 is 0. The van der Waals surface area contributed by atoms with Crippen LogP contribution in [0.15, 0.2) is 59.0 Å². The molecule has 0 aliphatic rings. The number of nitrogens with zero attached hydrogens (tertiary/aromatic N) is 2. The molecular weight excluding hydrogens is 401 g/mol. The molecule has 0 N–H and O–H groups in total. The number of aromatic nitrogens is 2. The van der Waals surface area contributed by atoms with Crippen LogP contribution in [0.2, 0.25) is 0 Å². The topological polar surface area (TPSA) is 38.9 Å². The first kappa shape index (κ1) is 19.5. The lowest BCUT2D eigenvalue weighted by atomic mass is 10.0. The zero-order valence-electron chi connectivity index (χ0n) is 17.0. The second kappa shape index (κ2) is 7.08. The van der Waals surface area contributed by atoms with Crippen LogP contribution in [0.25, 0.3) is 44.2 Å². The minimum absolute atomic E-state index is 0.0641. The Kier molecular flexibility index (Phi) is 4.46. The standard InChI is InChI=1S/C25H19F3N2O/c1-14-13-20-18-6-4-7-19(23(18)31-24(20)29-15(14)2)22-10-9-17-16(11-12-25(26,27)28)5-3-8-21(17)30-22/h3-10,13H,11-12H2,1-2H3. The van der Waals surface area contributed by atoms with Crippen LogP contribution in [0.5, 0.6) is 0 Å². The minimum atomic E-state index is -4.18. The van der Waals surface area contributed by atoms with Gasteiger partial charge in [0.1, 0.15) is 5.58 Å². The van der Waals surface area contributed by atoms with Gasteiger partial charge < -0.3 is 4.42 Å². The van der Waals surface area contributed by atoms with Crippen LogP contribution in [0, 0.1) is 13.8 Å². The molecule has 31 heavy (non-hydrogen) atoms. The van der Waals surface area contributed by atoms with Crippen LogP contribution in [0.4, 0.5) is 13.2 Å². The van der Waals surface area contributed by atoms with Crippen molar-refractivity contribution in [2.75, 3.05) is 0 Å². The highest BCUT2D eigenvalue weighted by Crippen LogP contribution is 2.36. The summed E-state index contributed by atoms with van der Waals surface area (Å²) in [5, 5.41) is 2.65. The van der Waals surface area contributed by atoms with Crippen LogP contribution in [0.3, 0.4) is 0 Å². The maximum Gasteiger partial charge on any atom is 0.389 e. The number of furan rings is 1. The number of alkyl halides is 3. The van der Waals surface area contributed by atoms with E-state index in [1.54, 1.807) is 12.1 Å². The van der Waals surface area contributed by atoms with E-state index in [1.165, 1.54) is 0 Å². The van der Waals surface area contributed by atoms with Gasteiger partial charge in [-0.25, -0.2) is 9.97 Å². The molecule has 6 heteroatoms. The highest BCUT2D eigenvalue weighted by molar-refractivity contribution is 6.08. The number of benzene rings is 2. The van der Waals surface area contributed by atoms with Crippen molar-refractivity contribution in [2.45, 2.75) is 32.9 Å². The number of hydrogen-bond acceptors (Lipinski definition) is 3. The van der Waals surface area contributed by atoms with Gasteiger partial charge in [-0.3, -0.25) is 0 Å². The second-order valence-electron chi connectivity index (χ2n) is 7.82. The van der Waals surface area contributed by atoms with Gasteiger partial charge in [0.15, 0.2) is 0 Å². The number of para-hydroxylation sites is 1. The van der Waals surface area contributed by atoms with Crippen molar-refractivity contribution in [3.8, 4) is 11.3 Å². The summed E-state index contributed by atoms with van der Waals surface area (Å²) in [4.78, 5) is 9.31. The lowest BCUT2D eigenvalue weighted by Gasteiger charge is -2.10. The van der Waals surface area contributed by atoms with E-state index in [0.29, 0.717) is 28.1 Å². The van der Waals surface area contributed by atoms with E-state index < -0.39 is 12.6 Å². The Morgan fingerprint density at radius 2 is 1.68 bits per heavy atom. The molecule has 0 fully saturated rings. The Hall–Kier alpha value is -3.41. The van der Waals surface area contributed by atoms with E-state index in [4.69, 9.17) is 9.40 Å². The highest BCUT2D eigenvalue weighted by Gasteiger charge is 2.26. The van der Waals surface area contributed by atoms with Gasteiger partial charge in [0.2, 0.25) is 5.71 Å². The molecule has 0 saturated heterocycles. The van der Waals surface area contributed by atoms with Crippen LogP contribution in [-0.4, -0.2) is 16.1 Å². The second-order valence-corrected chi connectivity index (χ2v) is 7.82. The van der Waals surface area contributed by atoms with Crippen molar-refractivity contribution in [2.24, 2.45) is 0 Å². The third kappa shape index (κ3) is 3.52. The predicted molar refractivity (Wildman–Crippen MR) is 116 cm³/mol. The smallest absolute Gasteiger partial charge is 0.389 e. The largest absolute Gasteiger partial charge is 0.437 e.